The van der Waals surface area contributed by atoms with Crippen LogP contribution in [-0.2, 0) is 0 Å². The van der Waals surface area contributed by atoms with E-state index in [0.29, 0.717) is 6.04 Å². The van der Waals surface area contributed by atoms with E-state index in [1.165, 1.54) is 36.8 Å². The fourth-order valence-electron chi connectivity index (χ4n) is 2.72. The average molecular weight is 259 g/mol. The van der Waals surface area contributed by atoms with Crippen LogP contribution in [0.25, 0.3) is 0 Å². The summed E-state index contributed by atoms with van der Waals surface area (Å²) in [6, 6.07) is 6.70. The van der Waals surface area contributed by atoms with Gasteiger partial charge >= 0.3 is 0 Å². The minimum absolute atomic E-state index is 0.330. The van der Waals surface area contributed by atoms with Crippen molar-refractivity contribution < 1.29 is 4.74 Å². The van der Waals surface area contributed by atoms with Crippen LogP contribution in [0.5, 0.6) is 5.75 Å². The van der Waals surface area contributed by atoms with Gasteiger partial charge in [0.05, 0.1) is 7.11 Å². The first-order valence-corrected chi connectivity index (χ1v) is 7.26. The van der Waals surface area contributed by atoms with Crippen LogP contribution in [0.4, 0.5) is 0 Å². The Morgan fingerprint density at radius 2 is 2.21 bits per heavy atom. The maximum Gasteiger partial charge on any atom is 0.123 e. The van der Waals surface area contributed by atoms with Gasteiger partial charge in [-0.15, -0.1) is 0 Å². The first kappa shape index (κ1) is 14.1. The molecule has 104 valence electrons. The van der Waals surface area contributed by atoms with Gasteiger partial charge in [0.15, 0.2) is 0 Å². The number of hydrogen-bond acceptors (Lipinski definition) is 2. The van der Waals surface area contributed by atoms with Crippen molar-refractivity contribution in [1.29, 1.82) is 0 Å². The van der Waals surface area contributed by atoms with E-state index >= 15 is 0 Å². The van der Waals surface area contributed by atoms with Crippen molar-refractivity contribution in [2.45, 2.75) is 45.6 Å². The predicted octanol–water partition coefficient (Wildman–Crippen LogP) is 4.15. The Bertz CT molecular complexity index is 451. The lowest BCUT2D eigenvalue weighted by Crippen LogP contribution is -2.20. The Labute approximate surface area is 116 Å². The lowest BCUT2D eigenvalue weighted by molar-refractivity contribution is 0.401. The molecule has 0 saturated carbocycles. The largest absolute Gasteiger partial charge is 0.496 e. The second kappa shape index (κ2) is 6.76. The Morgan fingerprint density at radius 3 is 2.89 bits per heavy atom. The lowest BCUT2D eigenvalue weighted by Gasteiger charge is -2.18. The second-order valence-electron chi connectivity index (χ2n) is 5.43. The van der Waals surface area contributed by atoms with Crippen molar-refractivity contribution >= 4 is 0 Å². The van der Waals surface area contributed by atoms with Crippen LogP contribution >= 0.6 is 0 Å². The molecule has 0 bridgehead atoms. The maximum atomic E-state index is 5.45. The summed E-state index contributed by atoms with van der Waals surface area (Å²) in [7, 11) is 1.74. The van der Waals surface area contributed by atoms with E-state index in [-0.39, 0.29) is 0 Å². The summed E-state index contributed by atoms with van der Waals surface area (Å²) in [5.74, 6) is 0.977. The number of hydrogen-bond donors (Lipinski definition) is 1. The van der Waals surface area contributed by atoms with E-state index in [9.17, 15) is 0 Å². The van der Waals surface area contributed by atoms with E-state index in [1.54, 1.807) is 12.7 Å². The molecule has 2 rings (SSSR count). The summed E-state index contributed by atoms with van der Waals surface area (Å²) in [4.78, 5) is 0. The topological polar surface area (TPSA) is 21.3 Å². The van der Waals surface area contributed by atoms with Gasteiger partial charge in [-0.2, -0.15) is 0 Å². The molecule has 0 radical (unpaired) electrons. The molecule has 0 aliphatic heterocycles. The van der Waals surface area contributed by atoms with Crippen LogP contribution in [-0.4, -0.2) is 13.7 Å². The monoisotopic (exact) mass is 259 g/mol. The van der Waals surface area contributed by atoms with E-state index in [1.807, 2.05) is 0 Å². The fourth-order valence-corrected chi connectivity index (χ4v) is 2.72. The quantitative estimate of drug-likeness (QED) is 0.775. The van der Waals surface area contributed by atoms with Gasteiger partial charge in [0.1, 0.15) is 5.75 Å². The van der Waals surface area contributed by atoms with Gasteiger partial charge in [-0.1, -0.05) is 29.3 Å². The molecule has 19 heavy (non-hydrogen) atoms. The SMILES string of the molecule is COc1ccc(C)cc1C(C)NCCC1=CCCC1. The Kier molecular flexibility index (Phi) is 5.03. The van der Waals surface area contributed by atoms with Crippen molar-refractivity contribution in [3.05, 3.63) is 41.0 Å². The first-order chi connectivity index (χ1) is 9.20. The fraction of sp³-hybridized carbons (Fsp3) is 0.529. The molecule has 0 amide bonds. The average Bonchev–Trinajstić information content (AvgIpc) is 2.91. The molecule has 1 unspecified atom stereocenters. The molecule has 1 aliphatic carbocycles. The van der Waals surface area contributed by atoms with Crippen LogP contribution in [0, 0.1) is 6.92 Å². The van der Waals surface area contributed by atoms with Crippen LogP contribution in [0.3, 0.4) is 0 Å². The Balaban J connectivity index is 1.91. The summed E-state index contributed by atoms with van der Waals surface area (Å²) in [5, 5.41) is 3.61. The molecular weight excluding hydrogens is 234 g/mol. The summed E-state index contributed by atoms with van der Waals surface area (Å²) < 4.78 is 5.45. The van der Waals surface area contributed by atoms with Gasteiger partial charge in [-0.3, -0.25) is 0 Å². The highest BCUT2D eigenvalue weighted by Crippen LogP contribution is 2.26. The smallest absolute Gasteiger partial charge is 0.123 e. The molecule has 1 aliphatic rings. The molecule has 0 heterocycles. The van der Waals surface area contributed by atoms with Crippen molar-refractivity contribution in [1.82, 2.24) is 5.32 Å². The zero-order chi connectivity index (χ0) is 13.7. The third kappa shape index (κ3) is 3.84. The highest BCUT2D eigenvalue weighted by molar-refractivity contribution is 5.38. The molecule has 0 fully saturated rings. The Morgan fingerprint density at radius 1 is 1.37 bits per heavy atom. The molecule has 2 nitrogen and oxygen atoms in total. The number of methoxy groups -OCH3 is 1. The summed E-state index contributed by atoms with van der Waals surface area (Å²) in [5.41, 5.74) is 4.15. The standard InChI is InChI=1S/C17H25NO/c1-13-8-9-17(19-3)16(12-13)14(2)18-11-10-15-6-4-5-7-15/h6,8-9,12,14,18H,4-5,7,10-11H2,1-3H3. The zero-order valence-electron chi connectivity index (χ0n) is 12.3. The van der Waals surface area contributed by atoms with Gasteiger partial charge < -0.3 is 10.1 Å². The van der Waals surface area contributed by atoms with E-state index in [4.69, 9.17) is 4.74 Å². The third-order valence-corrected chi connectivity index (χ3v) is 3.88. The van der Waals surface area contributed by atoms with Crippen molar-refractivity contribution in [2.24, 2.45) is 0 Å². The highest BCUT2D eigenvalue weighted by Gasteiger charge is 2.11. The molecule has 1 N–H and O–H groups in total. The number of rotatable bonds is 6. The summed E-state index contributed by atoms with van der Waals surface area (Å²) >= 11 is 0. The van der Waals surface area contributed by atoms with Gasteiger partial charge in [-0.05, 0) is 52.1 Å². The number of nitrogens with one attached hydrogen (secondary N) is 1. The van der Waals surface area contributed by atoms with Crippen LogP contribution in [0.2, 0.25) is 0 Å². The summed E-state index contributed by atoms with van der Waals surface area (Å²) in [6.07, 6.45) is 7.50. The summed E-state index contributed by atoms with van der Waals surface area (Å²) in [6.45, 7) is 5.38. The first-order valence-electron chi connectivity index (χ1n) is 7.26. The van der Waals surface area contributed by atoms with Gasteiger partial charge in [-0.25, -0.2) is 0 Å². The van der Waals surface area contributed by atoms with E-state index in [0.717, 1.165) is 12.3 Å². The zero-order valence-corrected chi connectivity index (χ0v) is 12.3. The molecule has 1 aromatic rings. The number of ether oxygens (including phenoxy) is 1. The maximum absolute atomic E-state index is 5.45. The van der Waals surface area contributed by atoms with Crippen LogP contribution in [0.15, 0.2) is 29.8 Å². The third-order valence-electron chi connectivity index (χ3n) is 3.88. The highest BCUT2D eigenvalue weighted by atomic mass is 16.5. The second-order valence-corrected chi connectivity index (χ2v) is 5.43. The molecular formula is C17H25NO. The van der Waals surface area contributed by atoms with Crippen LogP contribution < -0.4 is 10.1 Å². The number of allylic oxidation sites excluding steroid dienone is 1. The molecule has 1 aromatic carbocycles. The number of benzene rings is 1. The van der Waals surface area contributed by atoms with Crippen molar-refractivity contribution in [2.75, 3.05) is 13.7 Å². The number of aryl methyl sites for hydroxylation is 1. The molecule has 2 heteroatoms. The van der Waals surface area contributed by atoms with Gasteiger partial charge in [0, 0.05) is 11.6 Å². The molecule has 1 atom stereocenters. The van der Waals surface area contributed by atoms with Crippen molar-refractivity contribution in [3.63, 3.8) is 0 Å². The van der Waals surface area contributed by atoms with Crippen molar-refractivity contribution in [3.8, 4) is 5.75 Å². The van der Waals surface area contributed by atoms with Crippen LogP contribution in [0.1, 0.15) is 49.8 Å². The van der Waals surface area contributed by atoms with Gasteiger partial charge in [0.2, 0.25) is 0 Å². The van der Waals surface area contributed by atoms with E-state index < -0.39 is 0 Å². The van der Waals surface area contributed by atoms with E-state index in [2.05, 4.69) is 43.4 Å². The normalized spacial score (nSPS) is 16.3. The molecule has 0 spiro atoms. The predicted molar refractivity (Wildman–Crippen MR) is 80.7 cm³/mol. The minimum atomic E-state index is 0.330. The lowest BCUT2D eigenvalue weighted by atomic mass is 10.0. The molecule has 0 saturated heterocycles. The van der Waals surface area contributed by atoms with Gasteiger partial charge in [0.25, 0.3) is 0 Å². The molecule has 0 aromatic heterocycles. The Hall–Kier alpha value is -1.28. The minimum Gasteiger partial charge on any atom is -0.496 e.